The highest BCUT2D eigenvalue weighted by Gasteiger charge is 2.04. The van der Waals surface area contributed by atoms with Crippen molar-refractivity contribution in [2.75, 3.05) is 46.8 Å². The molecular formula is C12H22O7. The average molecular weight is 278 g/mol. The maximum atomic E-state index is 11.1. The summed E-state index contributed by atoms with van der Waals surface area (Å²) in [5.41, 5.74) is 0. The fourth-order valence-corrected chi connectivity index (χ4v) is 1.13. The van der Waals surface area contributed by atoms with Gasteiger partial charge < -0.3 is 24.1 Å². The second-order valence-corrected chi connectivity index (χ2v) is 3.69. The molecule has 0 aromatic rings. The Balaban J connectivity index is 3.16. The summed E-state index contributed by atoms with van der Waals surface area (Å²) in [6.45, 7) is 2.45. The lowest BCUT2D eigenvalue weighted by Crippen LogP contribution is -2.13. The summed E-state index contributed by atoms with van der Waals surface area (Å²) < 4.78 is 20.0. The molecule has 7 nitrogen and oxygen atoms in total. The zero-order valence-corrected chi connectivity index (χ0v) is 11.3. The van der Waals surface area contributed by atoms with Gasteiger partial charge in [0.1, 0.15) is 6.61 Å². The average Bonchev–Trinajstić information content (AvgIpc) is 2.36. The molecule has 0 amide bonds. The summed E-state index contributed by atoms with van der Waals surface area (Å²) in [6, 6.07) is 0. The lowest BCUT2D eigenvalue weighted by molar-refractivity contribution is -0.145. The first-order chi connectivity index (χ1) is 9.16. The molecule has 0 aliphatic carbocycles. The first-order valence-electron chi connectivity index (χ1n) is 6.18. The second kappa shape index (κ2) is 13.3. The van der Waals surface area contributed by atoms with Crippen molar-refractivity contribution < 1.29 is 33.6 Å². The first-order valence-corrected chi connectivity index (χ1v) is 6.18. The molecule has 0 aliphatic rings. The minimum absolute atomic E-state index is 0.0234. The van der Waals surface area contributed by atoms with Gasteiger partial charge in [-0.1, -0.05) is 0 Å². The van der Waals surface area contributed by atoms with Gasteiger partial charge in [-0.3, -0.25) is 9.59 Å². The lowest BCUT2D eigenvalue weighted by atomic mass is 10.2. The van der Waals surface area contributed by atoms with Crippen molar-refractivity contribution in [3.05, 3.63) is 0 Å². The highest BCUT2D eigenvalue weighted by molar-refractivity contribution is 5.71. The molecule has 0 saturated carbocycles. The van der Waals surface area contributed by atoms with E-state index in [0.717, 1.165) is 0 Å². The standard InChI is InChI=1S/C12H22O7/c1-16-5-6-17-7-8-18-9-10-19-12(15)4-2-3-11(13)14/h2-10H2,1H3,(H,13,14). The third-order valence-corrected chi connectivity index (χ3v) is 2.07. The number of carboxylic acid groups (broad SMARTS) is 1. The molecule has 0 saturated heterocycles. The molecule has 7 heteroatoms. The first kappa shape index (κ1) is 17.8. The van der Waals surface area contributed by atoms with E-state index in [1.165, 1.54) is 0 Å². The monoisotopic (exact) mass is 278 g/mol. The van der Waals surface area contributed by atoms with Gasteiger partial charge >= 0.3 is 11.9 Å². The largest absolute Gasteiger partial charge is 0.481 e. The van der Waals surface area contributed by atoms with Crippen LogP contribution in [0.5, 0.6) is 0 Å². The summed E-state index contributed by atoms with van der Waals surface area (Å²) in [6.07, 6.45) is 0.388. The topological polar surface area (TPSA) is 91.3 Å². The van der Waals surface area contributed by atoms with Crippen LogP contribution in [0.15, 0.2) is 0 Å². The van der Waals surface area contributed by atoms with E-state index in [4.69, 9.17) is 24.1 Å². The zero-order valence-electron chi connectivity index (χ0n) is 11.3. The molecule has 112 valence electrons. The predicted molar refractivity (Wildman–Crippen MR) is 66.0 cm³/mol. The zero-order chi connectivity index (χ0) is 14.3. The van der Waals surface area contributed by atoms with Crippen molar-refractivity contribution in [2.24, 2.45) is 0 Å². The van der Waals surface area contributed by atoms with Crippen LogP contribution in [-0.4, -0.2) is 63.8 Å². The number of aliphatic carboxylic acids is 1. The molecule has 1 N–H and O–H groups in total. The van der Waals surface area contributed by atoms with E-state index in [9.17, 15) is 9.59 Å². The van der Waals surface area contributed by atoms with Gasteiger partial charge in [0.25, 0.3) is 0 Å². The molecule has 0 heterocycles. The van der Waals surface area contributed by atoms with Crippen LogP contribution < -0.4 is 0 Å². The van der Waals surface area contributed by atoms with Crippen LogP contribution in [0, 0.1) is 0 Å². The molecule has 0 fully saturated rings. The number of methoxy groups -OCH3 is 1. The van der Waals surface area contributed by atoms with E-state index < -0.39 is 11.9 Å². The van der Waals surface area contributed by atoms with Crippen molar-refractivity contribution in [3.63, 3.8) is 0 Å². The number of esters is 1. The van der Waals surface area contributed by atoms with Gasteiger partial charge in [-0.15, -0.1) is 0 Å². The van der Waals surface area contributed by atoms with E-state index in [-0.39, 0.29) is 19.4 Å². The van der Waals surface area contributed by atoms with Crippen molar-refractivity contribution in [2.45, 2.75) is 19.3 Å². The minimum atomic E-state index is -0.912. The van der Waals surface area contributed by atoms with Crippen LogP contribution in [0.25, 0.3) is 0 Å². The highest BCUT2D eigenvalue weighted by Crippen LogP contribution is 1.97. The van der Waals surface area contributed by atoms with E-state index in [1.807, 2.05) is 0 Å². The summed E-state index contributed by atoms with van der Waals surface area (Å²) in [5, 5.41) is 8.39. The SMILES string of the molecule is COCCOCCOCCOC(=O)CCCC(=O)O. The van der Waals surface area contributed by atoms with Gasteiger partial charge in [0.15, 0.2) is 0 Å². The minimum Gasteiger partial charge on any atom is -0.481 e. The Hall–Kier alpha value is -1.18. The van der Waals surface area contributed by atoms with Crippen LogP contribution in [-0.2, 0) is 28.5 Å². The van der Waals surface area contributed by atoms with Gasteiger partial charge in [0.05, 0.1) is 33.0 Å². The predicted octanol–water partition coefficient (Wildman–Crippen LogP) is 0.464. The number of hydrogen-bond acceptors (Lipinski definition) is 6. The maximum absolute atomic E-state index is 11.1. The number of ether oxygens (including phenoxy) is 4. The third-order valence-electron chi connectivity index (χ3n) is 2.07. The van der Waals surface area contributed by atoms with Crippen molar-refractivity contribution in [1.82, 2.24) is 0 Å². The van der Waals surface area contributed by atoms with Crippen LogP contribution >= 0.6 is 0 Å². The number of hydrogen-bond donors (Lipinski definition) is 1. The van der Waals surface area contributed by atoms with Gasteiger partial charge in [0, 0.05) is 20.0 Å². The molecule has 19 heavy (non-hydrogen) atoms. The quantitative estimate of drug-likeness (QED) is 0.386. The van der Waals surface area contributed by atoms with E-state index in [2.05, 4.69) is 0 Å². The molecule has 0 atom stereocenters. The molecule has 0 spiro atoms. The Morgan fingerprint density at radius 1 is 0.895 bits per heavy atom. The molecule has 0 rings (SSSR count). The van der Waals surface area contributed by atoms with Crippen molar-refractivity contribution in [3.8, 4) is 0 Å². The van der Waals surface area contributed by atoms with Gasteiger partial charge in [-0.05, 0) is 6.42 Å². The van der Waals surface area contributed by atoms with Gasteiger partial charge in [-0.2, -0.15) is 0 Å². The number of carbonyl (C=O) groups is 2. The Morgan fingerprint density at radius 3 is 2.05 bits per heavy atom. The van der Waals surface area contributed by atoms with E-state index in [1.54, 1.807) is 7.11 Å². The van der Waals surface area contributed by atoms with Gasteiger partial charge in [-0.25, -0.2) is 0 Å². The van der Waals surface area contributed by atoms with Crippen LogP contribution in [0.3, 0.4) is 0 Å². The normalized spacial score (nSPS) is 10.4. The Bertz CT molecular complexity index is 242. The van der Waals surface area contributed by atoms with E-state index in [0.29, 0.717) is 39.5 Å². The molecule has 0 aromatic heterocycles. The molecule has 0 unspecified atom stereocenters. The Labute approximate surface area is 112 Å². The molecule has 0 bridgehead atoms. The Morgan fingerprint density at radius 2 is 1.47 bits per heavy atom. The summed E-state index contributed by atoms with van der Waals surface area (Å²) >= 11 is 0. The molecule has 0 aromatic carbocycles. The summed E-state index contributed by atoms with van der Waals surface area (Å²) in [5.74, 6) is -1.31. The summed E-state index contributed by atoms with van der Waals surface area (Å²) in [7, 11) is 1.60. The number of carboxylic acids is 1. The number of rotatable bonds is 13. The highest BCUT2D eigenvalue weighted by atomic mass is 16.6. The molecular weight excluding hydrogens is 256 g/mol. The van der Waals surface area contributed by atoms with Crippen molar-refractivity contribution in [1.29, 1.82) is 0 Å². The fourth-order valence-electron chi connectivity index (χ4n) is 1.13. The van der Waals surface area contributed by atoms with E-state index >= 15 is 0 Å². The van der Waals surface area contributed by atoms with Crippen LogP contribution in [0.2, 0.25) is 0 Å². The van der Waals surface area contributed by atoms with Crippen molar-refractivity contribution >= 4 is 11.9 Å². The maximum Gasteiger partial charge on any atom is 0.305 e. The molecule has 0 aliphatic heterocycles. The second-order valence-electron chi connectivity index (χ2n) is 3.69. The van der Waals surface area contributed by atoms with Gasteiger partial charge in [0.2, 0.25) is 0 Å². The Kier molecular flexibility index (Phi) is 12.4. The molecule has 0 radical (unpaired) electrons. The fraction of sp³-hybridized carbons (Fsp3) is 0.833. The van der Waals surface area contributed by atoms with Crippen LogP contribution in [0.4, 0.5) is 0 Å². The third kappa shape index (κ3) is 14.8. The van der Waals surface area contributed by atoms with Crippen LogP contribution in [0.1, 0.15) is 19.3 Å². The lowest BCUT2D eigenvalue weighted by Gasteiger charge is -2.06. The smallest absolute Gasteiger partial charge is 0.305 e. The summed E-state index contributed by atoms with van der Waals surface area (Å²) in [4.78, 5) is 21.3. The number of carbonyl (C=O) groups excluding carboxylic acids is 1.